The van der Waals surface area contributed by atoms with Gasteiger partial charge in [0.1, 0.15) is 11.6 Å². The van der Waals surface area contributed by atoms with Crippen LogP contribution in [0.4, 0.5) is 0 Å². The van der Waals surface area contributed by atoms with Crippen LogP contribution in [-0.2, 0) is 16.4 Å². The number of benzene rings is 1. The van der Waals surface area contributed by atoms with Crippen LogP contribution in [0, 0.1) is 0 Å². The summed E-state index contributed by atoms with van der Waals surface area (Å²) in [5, 5.41) is 10.8. The van der Waals surface area contributed by atoms with E-state index < -0.39 is 10.0 Å². The number of aromatic amines is 1. The highest BCUT2D eigenvalue weighted by Gasteiger charge is 2.25. The molecule has 100 valence electrons. The number of primary sulfonamides is 1. The average molecular weight is 280 g/mol. The zero-order valence-electron chi connectivity index (χ0n) is 9.91. The van der Waals surface area contributed by atoms with E-state index in [0.29, 0.717) is 12.4 Å². The third-order valence-corrected chi connectivity index (χ3v) is 3.69. The summed E-state index contributed by atoms with van der Waals surface area (Å²) in [4.78, 5) is 3.92. The molecule has 0 saturated carbocycles. The molecule has 0 radical (unpaired) electrons. The first kappa shape index (κ1) is 12.1. The maximum Gasteiger partial charge on any atom is 0.282 e. The Balaban J connectivity index is 1.87. The van der Waals surface area contributed by atoms with Gasteiger partial charge in [-0.1, -0.05) is 18.2 Å². The number of nitrogens with one attached hydrogen (secondary N) is 1. The molecule has 1 aliphatic rings. The van der Waals surface area contributed by atoms with Crippen LogP contribution in [0.25, 0.3) is 0 Å². The van der Waals surface area contributed by atoms with Gasteiger partial charge >= 0.3 is 0 Å². The molecular formula is C11H12N4O3S. The number of rotatable bonds is 2. The topological polar surface area (TPSA) is 111 Å². The van der Waals surface area contributed by atoms with Gasteiger partial charge in [0.15, 0.2) is 0 Å². The van der Waals surface area contributed by atoms with Gasteiger partial charge in [-0.15, -0.1) is 5.10 Å². The van der Waals surface area contributed by atoms with Crippen molar-refractivity contribution in [2.75, 3.05) is 6.61 Å². The third-order valence-electron chi connectivity index (χ3n) is 3.00. The molecule has 1 aliphatic heterocycles. The molecule has 3 rings (SSSR count). The van der Waals surface area contributed by atoms with Crippen LogP contribution in [0.1, 0.15) is 17.3 Å². The van der Waals surface area contributed by atoms with Gasteiger partial charge in [0.05, 0.1) is 12.5 Å². The molecular weight excluding hydrogens is 268 g/mol. The summed E-state index contributed by atoms with van der Waals surface area (Å²) < 4.78 is 27.9. The number of sulfonamides is 1. The molecule has 0 amide bonds. The molecule has 1 aromatic carbocycles. The normalized spacial score (nSPS) is 18.7. The number of H-pyrrole nitrogens is 1. The van der Waals surface area contributed by atoms with Crippen molar-refractivity contribution in [2.45, 2.75) is 17.5 Å². The van der Waals surface area contributed by atoms with Crippen LogP contribution in [0.15, 0.2) is 29.4 Å². The predicted octanol–water partition coefficient (Wildman–Crippen LogP) is 0.171. The molecule has 19 heavy (non-hydrogen) atoms. The number of ether oxygens (including phenoxy) is 1. The molecule has 1 atom stereocenters. The van der Waals surface area contributed by atoms with Gasteiger partial charge in [-0.3, -0.25) is 5.10 Å². The standard InChI is InChI=1S/C11H12N4O3S/c12-19(16,17)11-13-10(14-15-11)8-5-7-3-1-2-4-9(7)18-6-8/h1-4,8H,5-6H2,(H2,12,16,17)(H,13,14,15). The molecule has 1 unspecified atom stereocenters. The van der Waals surface area contributed by atoms with Crippen molar-refractivity contribution in [1.82, 2.24) is 15.2 Å². The monoisotopic (exact) mass is 280 g/mol. The molecule has 1 aromatic heterocycles. The third kappa shape index (κ3) is 2.32. The molecule has 0 spiro atoms. The largest absolute Gasteiger partial charge is 0.493 e. The van der Waals surface area contributed by atoms with Crippen molar-refractivity contribution in [3.63, 3.8) is 0 Å². The van der Waals surface area contributed by atoms with Crippen LogP contribution in [0.5, 0.6) is 5.75 Å². The second-order valence-electron chi connectivity index (χ2n) is 4.37. The van der Waals surface area contributed by atoms with Gasteiger partial charge in [0.2, 0.25) is 0 Å². The minimum Gasteiger partial charge on any atom is -0.493 e. The van der Waals surface area contributed by atoms with Crippen LogP contribution >= 0.6 is 0 Å². The molecule has 0 saturated heterocycles. The number of nitrogens with zero attached hydrogens (tertiary/aromatic N) is 2. The molecule has 2 aromatic rings. The first-order chi connectivity index (χ1) is 9.04. The number of para-hydroxylation sites is 1. The zero-order chi connectivity index (χ0) is 13.5. The Labute approximate surface area is 109 Å². The summed E-state index contributed by atoms with van der Waals surface area (Å²) in [6.45, 7) is 0.427. The van der Waals surface area contributed by atoms with Crippen molar-refractivity contribution >= 4 is 10.0 Å². The summed E-state index contributed by atoms with van der Waals surface area (Å²) in [7, 11) is -3.88. The lowest BCUT2D eigenvalue weighted by Crippen LogP contribution is -2.20. The fraction of sp³-hybridized carbons (Fsp3) is 0.273. The van der Waals surface area contributed by atoms with Gasteiger partial charge in [-0.05, 0) is 18.1 Å². The highest BCUT2D eigenvalue weighted by atomic mass is 32.2. The molecule has 8 heteroatoms. The quantitative estimate of drug-likeness (QED) is 0.814. The van der Waals surface area contributed by atoms with E-state index >= 15 is 0 Å². The van der Waals surface area contributed by atoms with Crippen LogP contribution in [0.3, 0.4) is 0 Å². The van der Waals surface area contributed by atoms with E-state index in [1.165, 1.54) is 0 Å². The lowest BCUT2D eigenvalue weighted by Gasteiger charge is -2.23. The Bertz CT molecular complexity index is 710. The first-order valence-electron chi connectivity index (χ1n) is 5.70. The van der Waals surface area contributed by atoms with Crippen molar-refractivity contribution in [3.05, 3.63) is 35.7 Å². The Morgan fingerprint density at radius 1 is 1.37 bits per heavy atom. The zero-order valence-corrected chi connectivity index (χ0v) is 10.7. The molecule has 0 fully saturated rings. The molecule has 0 bridgehead atoms. The van der Waals surface area contributed by atoms with E-state index in [2.05, 4.69) is 15.2 Å². The Kier molecular flexibility index (Phi) is 2.76. The minimum atomic E-state index is -3.88. The van der Waals surface area contributed by atoms with Gasteiger partial charge in [0.25, 0.3) is 15.2 Å². The minimum absolute atomic E-state index is 0.0575. The summed E-state index contributed by atoms with van der Waals surface area (Å²) in [6, 6.07) is 7.72. The molecule has 3 N–H and O–H groups in total. The van der Waals surface area contributed by atoms with E-state index in [9.17, 15) is 8.42 Å². The number of fused-ring (bicyclic) bond motifs is 1. The van der Waals surface area contributed by atoms with Crippen molar-refractivity contribution in [2.24, 2.45) is 5.14 Å². The van der Waals surface area contributed by atoms with Gasteiger partial charge in [-0.2, -0.15) is 0 Å². The maximum absolute atomic E-state index is 11.1. The summed E-state index contributed by atoms with van der Waals surface area (Å²) in [5.41, 5.74) is 1.06. The highest BCUT2D eigenvalue weighted by molar-refractivity contribution is 7.89. The predicted molar refractivity (Wildman–Crippen MR) is 66.1 cm³/mol. The lowest BCUT2D eigenvalue weighted by molar-refractivity contribution is 0.258. The highest BCUT2D eigenvalue weighted by Crippen LogP contribution is 2.30. The van der Waals surface area contributed by atoms with Gasteiger partial charge in [-0.25, -0.2) is 18.5 Å². The van der Waals surface area contributed by atoms with E-state index in [1.807, 2.05) is 24.3 Å². The Morgan fingerprint density at radius 2 is 2.16 bits per heavy atom. The number of nitrogens with two attached hydrogens (primary N) is 1. The van der Waals surface area contributed by atoms with Crippen molar-refractivity contribution in [1.29, 1.82) is 0 Å². The number of hydrogen-bond donors (Lipinski definition) is 2. The molecule has 0 aliphatic carbocycles. The fourth-order valence-electron chi connectivity index (χ4n) is 2.07. The summed E-state index contributed by atoms with van der Waals surface area (Å²) in [5.74, 6) is 1.27. The van der Waals surface area contributed by atoms with Gasteiger partial charge in [0, 0.05) is 0 Å². The number of aromatic nitrogens is 3. The van der Waals surface area contributed by atoms with Gasteiger partial charge < -0.3 is 4.74 Å². The second-order valence-corrected chi connectivity index (χ2v) is 5.82. The smallest absolute Gasteiger partial charge is 0.282 e. The first-order valence-corrected chi connectivity index (χ1v) is 7.24. The van der Waals surface area contributed by atoms with Crippen LogP contribution in [-0.4, -0.2) is 30.2 Å². The van der Waals surface area contributed by atoms with E-state index in [-0.39, 0.29) is 11.1 Å². The van der Waals surface area contributed by atoms with Crippen molar-refractivity contribution in [3.8, 4) is 5.75 Å². The van der Waals surface area contributed by atoms with Crippen LogP contribution < -0.4 is 9.88 Å². The Hall–Kier alpha value is -1.93. The SMILES string of the molecule is NS(=O)(=O)c1n[nH]c(C2COc3ccccc3C2)n1. The lowest BCUT2D eigenvalue weighted by atomic mass is 9.96. The van der Waals surface area contributed by atoms with E-state index in [1.54, 1.807) is 0 Å². The summed E-state index contributed by atoms with van der Waals surface area (Å²) >= 11 is 0. The Morgan fingerprint density at radius 3 is 2.89 bits per heavy atom. The summed E-state index contributed by atoms with van der Waals surface area (Å²) in [6.07, 6.45) is 0.718. The number of hydrogen-bond acceptors (Lipinski definition) is 5. The maximum atomic E-state index is 11.1. The average Bonchev–Trinajstić information content (AvgIpc) is 2.87. The molecule has 7 nitrogen and oxygen atoms in total. The molecule has 2 heterocycles. The fourth-order valence-corrected chi connectivity index (χ4v) is 2.47. The van der Waals surface area contributed by atoms with E-state index in [4.69, 9.17) is 9.88 Å². The van der Waals surface area contributed by atoms with Crippen molar-refractivity contribution < 1.29 is 13.2 Å². The van der Waals surface area contributed by atoms with Crippen LogP contribution in [0.2, 0.25) is 0 Å². The van der Waals surface area contributed by atoms with E-state index in [0.717, 1.165) is 17.7 Å². The second kappa shape index (κ2) is 4.32.